The van der Waals surface area contributed by atoms with Gasteiger partial charge in [-0.3, -0.25) is 0 Å². The first-order chi connectivity index (χ1) is 15.7. The van der Waals surface area contributed by atoms with Crippen molar-refractivity contribution in [2.45, 2.75) is 0 Å². The number of benzene rings is 4. The van der Waals surface area contributed by atoms with Crippen molar-refractivity contribution < 1.29 is 0 Å². The molecule has 0 saturated heterocycles. The Hall–Kier alpha value is -3.62. The molecule has 0 saturated carbocycles. The van der Waals surface area contributed by atoms with Gasteiger partial charge < -0.3 is 4.90 Å². The number of para-hydroxylation sites is 1. The summed E-state index contributed by atoms with van der Waals surface area (Å²) in [6.07, 6.45) is 5.61. The Labute approximate surface area is 198 Å². The van der Waals surface area contributed by atoms with Crippen LogP contribution in [0, 0.1) is 0 Å². The van der Waals surface area contributed by atoms with E-state index in [2.05, 4.69) is 125 Å². The molecule has 4 aromatic rings. The minimum atomic E-state index is 1.05. The van der Waals surface area contributed by atoms with E-state index >= 15 is 0 Å². The Morgan fingerprint density at radius 1 is 0.656 bits per heavy atom. The minimum absolute atomic E-state index is 1.05. The van der Waals surface area contributed by atoms with Gasteiger partial charge in [-0.2, -0.15) is 0 Å². The molecule has 0 heterocycles. The smallest absolute Gasteiger partial charge is 0.0462 e. The summed E-state index contributed by atoms with van der Waals surface area (Å²) >= 11 is 3.57. The maximum atomic E-state index is 3.92. The number of rotatable bonds is 7. The van der Waals surface area contributed by atoms with Crippen molar-refractivity contribution in [2.24, 2.45) is 0 Å². The van der Waals surface area contributed by atoms with Crippen molar-refractivity contribution in [3.63, 3.8) is 0 Å². The molecule has 0 aliphatic carbocycles. The van der Waals surface area contributed by atoms with Gasteiger partial charge >= 0.3 is 0 Å². The highest BCUT2D eigenvalue weighted by molar-refractivity contribution is 9.10. The van der Waals surface area contributed by atoms with E-state index in [1.807, 2.05) is 24.3 Å². The number of anilines is 3. The molecular formula is C30H24BrN. The maximum Gasteiger partial charge on any atom is 0.0462 e. The number of hydrogen-bond donors (Lipinski definition) is 0. The average molecular weight is 478 g/mol. The van der Waals surface area contributed by atoms with Gasteiger partial charge in [0.15, 0.2) is 0 Å². The summed E-state index contributed by atoms with van der Waals surface area (Å²) in [4.78, 5) is 2.26. The van der Waals surface area contributed by atoms with Gasteiger partial charge in [-0.05, 0) is 70.8 Å². The zero-order valence-electron chi connectivity index (χ0n) is 17.8. The van der Waals surface area contributed by atoms with E-state index < -0.39 is 0 Å². The lowest BCUT2D eigenvalue weighted by atomic mass is 10.0. The van der Waals surface area contributed by atoms with E-state index in [0.717, 1.165) is 32.7 Å². The normalized spacial score (nSPS) is 11.1. The van der Waals surface area contributed by atoms with Crippen LogP contribution >= 0.6 is 15.9 Å². The van der Waals surface area contributed by atoms with Gasteiger partial charge in [-0.25, -0.2) is 0 Å². The quantitative estimate of drug-likeness (QED) is 0.239. The van der Waals surface area contributed by atoms with Crippen LogP contribution < -0.4 is 4.90 Å². The van der Waals surface area contributed by atoms with Crippen LogP contribution in [0.25, 0.3) is 16.7 Å². The molecule has 1 nitrogen and oxygen atoms in total. The molecule has 0 spiro atoms. The predicted molar refractivity (Wildman–Crippen MR) is 143 cm³/mol. The molecule has 0 amide bonds. The fraction of sp³-hybridized carbons (Fsp3) is 0. The van der Waals surface area contributed by atoms with Crippen LogP contribution in [0.4, 0.5) is 17.1 Å². The summed E-state index contributed by atoms with van der Waals surface area (Å²) in [5.41, 5.74) is 7.85. The Morgan fingerprint density at radius 2 is 1.28 bits per heavy atom. The average Bonchev–Trinajstić information content (AvgIpc) is 2.84. The number of hydrogen-bond acceptors (Lipinski definition) is 1. The van der Waals surface area contributed by atoms with E-state index in [1.54, 1.807) is 6.08 Å². The Morgan fingerprint density at radius 3 is 1.88 bits per heavy atom. The highest BCUT2D eigenvalue weighted by Gasteiger charge is 2.13. The van der Waals surface area contributed by atoms with E-state index in [4.69, 9.17) is 0 Å². The fourth-order valence-corrected chi connectivity index (χ4v) is 4.11. The van der Waals surface area contributed by atoms with Crippen molar-refractivity contribution in [1.29, 1.82) is 0 Å². The lowest BCUT2D eigenvalue weighted by Crippen LogP contribution is -2.09. The van der Waals surface area contributed by atoms with E-state index in [-0.39, 0.29) is 0 Å². The van der Waals surface area contributed by atoms with Crippen molar-refractivity contribution in [1.82, 2.24) is 0 Å². The first-order valence-corrected chi connectivity index (χ1v) is 11.3. The lowest BCUT2D eigenvalue weighted by Gasteiger charge is -2.26. The summed E-state index contributed by atoms with van der Waals surface area (Å²) in [7, 11) is 0. The maximum absolute atomic E-state index is 3.92. The SMILES string of the molecule is C=C/C=C(\C=C)c1ccc(N(c2ccccc2)c2ccc(-c3cccc(Br)c3)cc2)cc1. The summed E-state index contributed by atoms with van der Waals surface area (Å²) in [5.74, 6) is 0. The minimum Gasteiger partial charge on any atom is -0.311 e. The molecule has 0 aliphatic heterocycles. The molecule has 2 heteroatoms. The molecule has 4 rings (SSSR count). The van der Waals surface area contributed by atoms with E-state index in [9.17, 15) is 0 Å². The van der Waals surface area contributed by atoms with Crippen molar-refractivity contribution in [3.05, 3.63) is 145 Å². The largest absolute Gasteiger partial charge is 0.311 e. The molecule has 4 aromatic carbocycles. The van der Waals surface area contributed by atoms with Gasteiger partial charge in [0.05, 0.1) is 0 Å². The molecule has 0 unspecified atom stereocenters. The standard InChI is InChI=1S/C30H24BrN/c1-3-9-23(4-2)24-14-18-29(19-15-24)32(28-12-6-5-7-13-28)30-20-16-25(17-21-30)26-10-8-11-27(31)22-26/h3-22H,1-2H2/b23-9+. The summed E-state index contributed by atoms with van der Waals surface area (Å²) in [5, 5.41) is 0. The van der Waals surface area contributed by atoms with Crippen LogP contribution in [-0.2, 0) is 0 Å². The van der Waals surface area contributed by atoms with E-state index in [1.165, 1.54) is 11.1 Å². The van der Waals surface area contributed by atoms with Crippen molar-refractivity contribution in [2.75, 3.05) is 4.90 Å². The van der Waals surface area contributed by atoms with Crippen LogP contribution in [0.2, 0.25) is 0 Å². The molecule has 0 bridgehead atoms. The third-order valence-corrected chi connectivity index (χ3v) is 5.77. The second kappa shape index (κ2) is 10.1. The van der Waals surface area contributed by atoms with Gasteiger partial charge in [0.25, 0.3) is 0 Å². The highest BCUT2D eigenvalue weighted by atomic mass is 79.9. The van der Waals surface area contributed by atoms with Gasteiger partial charge in [0, 0.05) is 21.5 Å². The van der Waals surface area contributed by atoms with Crippen LogP contribution in [-0.4, -0.2) is 0 Å². The van der Waals surface area contributed by atoms with Crippen LogP contribution in [0.15, 0.2) is 139 Å². The van der Waals surface area contributed by atoms with Gasteiger partial charge in [0.2, 0.25) is 0 Å². The molecule has 0 radical (unpaired) electrons. The third kappa shape index (κ3) is 4.82. The molecule has 0 aromatic heterocycles. The molecular weight excluding hydrogens is 454 g/mol. The number of allylic oxidation sites excluding steroid dienone is 4. The summed E-state index contributed by atoms with van der Waals surface area (Å²) < 4.78 is 1.08. The zero-order chi connectivity index (χ0) is 22.3. The van der Waals surface area contributed by atoms with Gasteiger partial charge in [-0.15, -0.1) is 0 Å². The predicted octanol–water partition coefficient (Wildman–Crippen LogP) is 9.34. The van der Waals surface area contributed by atoms with Crippen LogP contribution in [0.5, 0.6) is 0 Å². The Balaban J connectivity index is 1.73. The summed E-state index contributed by atoms with van der Waals surface area (Å²) in [6, 6.07) is 36.0. The van der Waals surface area contributed by atoms with Crippen molar-refractivity contribution >= 4 is 38.6 Å². The van der Waals surface area contributed by atoms with Crippen LogP contribution in [0.1, 0.15) is 5.56 Å². The second-order valence-electron chi connectivity index (χ2n) is 7.34. The molecule has 156 valence electrons. The molecule has 0 aliphatic rings. The van der Waals surface area contributed by atoms with Crippen LogP contribution in [0.3, 0.4) is 0 Å². The van der Waals surface area contributed by atoms with Gasteiger partial charge in [0.1, 0.15) is 0 Å². The first kappa shape index (κ1) is 21.6. The third-order valence-electron chi connectivity index (χ3n) is 5.27. The second-order valence-corrected chi connectivity index (χ2v) is 8.25. The topological polar surface area (TPSA) is 3.24 Å². The van der Waals surface area contributed by atoms with E-state index in [0.29, 0.717) is 0 Å². The van der Waals surface area contributed by atoms with Gasteiger partial charge in [-0.1, -0.05) is 102 Å². The monoisotopic (exact) mass is 477 g/mol. The van der Waals surface area contributed by atoms with Crippen molar-refractivity contribution in [3.8, 4) is 11.1 Å². The highest BCUT2D eigenvalue weighted by Crippen LogP contribution is 2.36. The zero-order valence-corrected chi connectivity index (χ0v) is 19.4. The molecule has 0 fully saturated rings. The number of nitrogens with zero attached hydrogens (tertiary/aromatic N) is 1. The Kier molecular flexibility index (Phi) is 6.84. The fourth-order valence-electron chi connectivity index (χ4n) is 3.71. The Bertz CT molecular complexity index is 1240. The summed E-state index contributed by atoms with van der Waals surface area (Å²) in [6.45, 7) is 7.72. The molecule has 0 N–H and O–H groups in total. The lowest BCUT2D eigenvalue weighted by molar-refractivity contribution is 1.28. The first-order valence-electron chi connectivity index (χ1n) is 10.5. The molecule has 0 atom stereocenters. The molecule has 32 heavy (non-hydrogen) atoms. The number of halogens is 1.